The minimum atomic E-state index is -0.373. The Morgan fingerprint density at radius 1 is 1.00 bits per heavy atom. The Kier molecular flexibility index (Phi) is 6.25. The van der Waals surface area contributed by atoms with Crippen molar-refractivity contribution in [3.05, 3.63) is 102 Å². The first kappa shape index (κ1) is 21.7. The molecule has 0 spiro atoms. The average Bonchev–Trinajstić information content (AvgIpc) is 3.60. The number of likely N-dealkylation sites (tertiary alicyclic amines) is 1. The lowest BCUT2D eigenvalue weighted by Gasteiger charge is -2.15. The fraction of sp³-hybridized carbons (Fsp3) is 0.222. The Balaban J connectivity index is 1.27. The van der Waals surface area contributed by atoms with Crippen molar-refractivity contribution in [1.82, 2.24) is 20.0 Å². The minimum Gasteiger partial charge on any atom is -0.467 e. The first-order valence-electron chi connectivity index (χ1n) is 11.4. The van der Waals surface area contributed by atoms with Gasteiger partial charge >= 0.3 is 0 Å². The molecule has 7 nitrogen and oxygen atoms in total. The topological polar surface area (TPSA) is 80.4 Å². The van der Waals surface area contributed by atoms with E-state index < -0.39 is 0 Å². The van der Waals surface area contributed by atoms with E-state index in [0.717, 1.165) is 22.4 Å². The van der Waals surface area contributed by atoms with Gasteiger partial charge in [0.15, 0.2) is 0 Å². The molecule has 1 N–H and O–H groups in total. The third kappa shape index (κ3) is 4.93. The van der Waals surface area contributed by atoms with Crippen LogP contribution in [0.3, 0.4) is 0 Å². The Morgan fingerprint density at radius 3 is 2.50 bits per heavy atom. The van der Waals surface area contributed by atoms with Gasteiger partial charge in [-0.3, -0.25) is 14.3 Å². The first-order chi connectivity index (χ1) is 16.7. The maximum Gasteiger partial charge on any atom is 0.225 e. The number of nitrogens with one attached hydrogen (secondary N) is 1. The average molecular weight is 455 g/mol. The number of hydrogen-bond acceptors (Lipinski definition) is 4. The second-order valence-corrected chi connectivity index (χ2v) is 8.52. The second-order valence-electron chi connectivity index (χ2n) is 8.52. The molecule has 5 rings (SSSR count). The van der Waals surface area contributed by atoms with Crippen molar-refractivity contribution in [2.24, 2.45) is 5.92 Å². The van der Waals surface area contributed by atoms with Crippen molar-refractivity contribution in [2.45, 2.75) is 26.1 Å². The molecule has 0 radical (unpaired) electrons. The highest BCUT2D eigenvalue weighted by Crippen LogP contribution is 2.24. The van der Waals surface area contributed by atoms with Gasteiger partial charge in [-0.2, -0.15) is 5.10 Å². The normalized spacial score (nSPS) is 15.6. The Morgan fingerprint density at radius 2 is 1.76 bits per heavy atom. The van der Waals surface area contributed by atoms with Crippen molar-refractivity contribution >= 4 is 11.8 Å². The van der Waals surface area contributed by atoms with Crippen molar-refractivity contribution in [3.8, 4) is 11.3 Å². The molecule has 172 valence electrons. The van der Waals surface area contributed by atoms with Crippen LogP contribution in [0.25, 0.3) is 11.3 Å². The Labute approximate surface area is 198 Å². The van der Waals surface area contributed by atoms with Gasteiger partial charge in [0.2, 0.25) is 11.8 Å². The van der Waals surface area contributed by atoms with Crippen molar-refractivity contribution in [3.63, 3.8) is 0 Å². The molecule has 1 atom stereocenters. The zero-order valence-electron chi connectivity index (χ0n) is 18.8. The summed E-state index contributed by atoms with van der Waals surface area (Å²) in [5.41, 5.74) is 3.94. The van der Waals surface area contributed by atoms with Gasteiger partial charge in [-0.05, 0) is 17.7 Å². The summed E-state index contributed by atoms with van der Waals surface area (Å²) in [5.74, 6) is 0.192. The zero-order valence-corrected chi connectivity index (χ0v) is 18.8. The van der Waals surface area contributed by atoms with Gasteiger partial charge in [0.25, 0.3) is 0 Å². The molecule has 1 unspecified atom stereocenters. The van der Waals surface area contributed by atoms with E-state index in [0.29, 0.717) is 31.9 Å². The molecular formula is C27H26N4O3. The first-order valence-corrected chi connectivity index (χ1v) is 11.4. The number of hydrogen-bond donors (Lipinski definition) is 1. The van der Waals surface area contributed by atoms with Crippen LogP contribution in [-0.2, 0) is 29.2 Å². The highest BCUT2D eigenvalue weighted by molar-refractivity contribution is 5.89. The van der Waals surface area contributed by atoms with Gasteiger partial charge in [0, 0.05) is 36.8 Å². The zero-order chi connectivity index (χ0) is 23.3. The monoisotopic (exact) mass is 454 g/mol. The lowest BCUT2D eigenvalue weighted by molar-refractivity contribution is -0.129. The molecular weight excluding hydrogens is 428 g/mol. The number of carbonyl (C=O) groups is 2. The van der Waals surface area contributed by atoms with E-state index in [9.17, 15) is 9.59 Å². The van der Waals surface area contributed by atoms with Gasteiger partial charge in [0.1, 0.15) is 5.76 Å². The van der Waals surface area contributed by atoms with Gasteiger partial charge in [0.05, 0.1) is 31.0 Å². The molecule has 4 aromatic rings. The molecule has 2 aromatic carbocycles. The maximum atomic E-state index is 12.9. The number of amides is 2. The molecule has 1 saturated heterocycles. The van der Waals surface area contributed by atoms with Crippen LogP contribution >= 0.6 is 0 Å². The molecule has 2 aromatic heterocycles. The van der Waals surface area contributed by atoms with Crippen molar-refractivity contribution < 1.29 is 14.0 Å². The smallest absolute Gasteiger partial charge is 0.225 e. The predicted octanol–water partition coefficient (Wildman–Crippen LogP) is 3.86. The summed E-state index contributed by atoms with van der Waals surface area (Å²) in [4.78, 5) is 27.0. The van der Waals surface area contributed by atoms with E-state index in [1.165, 1.54) is 0 Å². The standard InChI is InChI=1S/C27H26N4O3/c32-25-14-22(17-30(25)19-24-12-7-13-34-24)27(33)28-15-23-18-31(16-20-8-3-1-4-9-20)29-26(23)21-10-5-2-6-11-21/h1-13,18,22H,14-17,19H2,(H,28,33). The summed E-state index contributed by atoms with van der Waals surface area (Å²) in [6.07, 6.45) is 3.78. The number of nitrogens with zero attached hydrogens (tertiary/aromatic N) is 3. The van der Waals surface area contributed by atoms with Crippen LogP contribution in [0.1, 0.15) is 23.3 Å². The van der Waals surface area contributed by atoms with Crippen LogP contribution in [0.5, 0.6) is 0 Å². The van der Waals surface area contributed by atoms with Gasteiger partial charge < -0.3 is 14.6 Å². The summed E-state index contributed by atoms with van der Waals surface area (Å²) in [5, 5.41) is 7.84. The molecule has 34 heavy (non-hydrogen) atoms. The van der Waals surface area contributed by atoms with Crippen LogP contribution in [0.2, 0.25) is 0 Å². The molecule has 1 aliphatic heterocycles. The van der Waals surface area contributed by atoms with E-state index >= 15 is 0 Å². The molecule has 7 heteroatoms. The summed E-state index contributed by atoms with van der Waals surface area (Å²) >= 11 is 0. The molecule has 1 aliphatic rings. The molecule has 3 heterocycles. The summed E-state index contributed by atoms with van der Waals surface area (Å²) < 4.78 is 7.25. The SMILES string of the molecule is O=C(NCc1cn(Cc2ccccc2)nc1-c1ccccc1)C1CC(=O)N(Cc2ccco2)C1. The predicted molar refractivity (Wildman–Crippen MR) is 127 cm³/mol. The molecule has 0 aliphatic carbocycles. The van der Waals surface area contributed by atoms with E-state index in [1.807, 2.05) is 65.5 Å². The minimum absolute atomic E-state index is 0.0304. The maximum absolute atomic E-state index is 12.9. The quantitative estimate of drug-likeness (QED) is 0.439. The van der Waals surface area contributed by atoms with Crippen molar-refractivity contribution in [1.29, 1.82) is 0 Å². The van der Waals surface area contributed by atoms with Crippen LogP contribution in [0, 0.1) is 5.92 Å². The number of aromatic nitrogens is 2. The molecule has 0 saturated carbocycles. The highest BCUT2D eigenvalue weighted by atomic mass is 16.3. The van der Waals surface area contributed by atoms with Crippen LogP contribution in [0.15, 0.2) is 89.7 Å². The van der Waals surface area contributed by atoms with Gasteiger partial charge in [-0.15, -0.1) is 0 Å². The lowest BCUT2D eigenvalue weighted by atomic mass is 10.1. The fourth-order valence-electron chi connectivity index (χ4n) is 4.30. The largest absolute Gasteiger partial charge is 0.467 e. The van der Waals surface area contributed by atoms with Crippen LogP contribution in [0.4, 0.5) is 0 Å². The fourth-order valence-corrected chi connectivity index (χ4v) is 4.30. The number of rotatable bonds is 8. The van der Waals surface area contributed by atoms with Crippen LogP contribution in [-0.4, -0.2) is 33.0 Å². The van der Waals surface area contributed by atoms with Gasteiger partial charge in [-0.25, -0.2) is 0 Å². The van der Waals surface area contributed by atoms with E-state index in [-0.39, 0.29) is 24.2 Å². The number of furan rings is 1. The number of carbonyl (C=O) groups excluding carboxylic acids is 2. The highest BCUT2D eigenvalue weighted by Gasteiger charge is 2.34. The molecule has 1 fully saturated rings. The lowest BCUT2D eigenvalue weighted by Crippen LogP contribution is -2.32. The second kappa shape index (κ2) is 9.79. The summed E-state index contributed by atoms with van der Waals surface area (Å²) in [6.45, 7) is 1.78. The Bertz CT molecular complexity index is 1250. The van der Waals surface area contributed by atoms with Gasteiger partial charge in [-0.1, -0.05) is 60.7 Å². The van der Waals surface area contributed by atoms with E-state index in [4.69, 9.17) is 9.52 Å². The Hall–Kier alpha value is -4.13. The molecule has 0 bridgehead atoms. The van der Waals surface area contributed by atoms with Crippen LogP contribution < -0.4 is 5.32 Å². The number of benzene rings is 2. The molecule has 2 amide bonds. The summed E-state index contributed by atoms with van der Waals surface area (Å²) in [6, 6.07) is 23.7. The third-order valence-electron chi connectivity index (χ3n) is 6.04. The van der Waals surface area contributed by atoms with E-state index in [1.54, 1.807) is 17.2 Å². The van der Waals surface area contributed by atoms with Crippen molar-refractivity contribution in [2.75, 3.05) is 6.54 Å². The summed E-state index contributed by atoms with van der Waals surface area (Å²) in [7, 11) is 0. The third-order valence-corrected chi connectivity index (χ3v) is 6.04. The van der Waals surface area contributed by atoms with E-state index in [2.05, 4.69) is 17.4 Å².